The Morgan fingerprint density at radius 1 is 2.14 bits per heavy atom. The minimum Gasteiger partial charge on any atom is -0.396 e. The first-order valence-corrected chi connectivity index (χ1v) is 2.45. The second-order valence-electron chi connectivity index (χ2n) is 1.76. The third-order valence-corrected chi connectivity index (χ3v) is 0.850. The SMILES string of the molecule is [2H]C=CCC(C)CO. The zero-order valence-electron chi connectivity index (χ0n) is 5.59. The lowest BCUT2D eigenvalue weighted by molar-refractivity contribution is 0.239. The van der Waals surface area contributed by atoms with Crippen molar-refractivity contribution in [2.45, 2.75) is 13.3 Å². The Morgan fingerprint density at radius 3 is 3.29 bits per heavy atom. The second-order valence-corrected chi connectivity index (χ2v) is 1.76. The zero-order chi connectivity index (χ0) is 6.41. The summed E-state index contributed by atoms with van der Waals surface area (Å²) in [6.45, 7) is 3.41. The van der Waals surface area contributed by atoms with E-state index in [1.165, 1.54) is 6.55 Å². The first kappa shape index (κ1) is 4.85. The van der Waals surface area contributed by atoms with Gasteiger partial charge in [0.25, 0.3) is 0 Å². The summed E-state index contributed by atoms with van der Waals surface area (Å²) in [6.07, 6.45) is 2.54. The Bertz CT molecular complexity index is 70.9. The minimum atomic E-state index is 0.213. The topological polar surface area (TPSA) is 20.2 Å². The Hall–Kier alpha value is -0.300. The number of aliphatic hydroxyl groups excluding tert-OH is 1. The quantitative estimate of drug-likeness (QED) is 0.529. The lowest BCUT2D eigenvalue weighted by atomic mass is 10.1. The monoisotopic (exact) mass is 101 g/mol. The highest BCUT2D eigenvalue weighted by Crippen LogP contribution is 1.97. The van der Waals surface area contributed by atoms with E-state index in [1.54, 1.807) is 6.08 Å². The molecule has 0 aromatic heterocycles. The molecular weight excluding hydrogens is 88.1 g/mol. The lowest BCUT2D eigenvalue weighted by Crippen LogP contribution is -1.96. The average molecular weight is 101 g/mol. The maximum atomic E-state index is 8.47. The van der Waals surface area contributed by atoms with Gasteiger partial charge in [-0.15, -0.1) is 6.55 Å². The van der Waals surface area contributed by atoms with Crippen molar-refractivity contribution < 1.29 is 6.48 Å². The van der Waals surface area contributed by atoms with Crippen molar-refractivity contribution in [3.8, 4) is 0 Å². The maximum Gasteiger partial charge on any atom is 0.0534 e. The van der Waals surface area contributed by atoms with Crippen molar-refractivity contribution in [2.24, 2.45) is 5.92 Å². The van der Waals surface area contributed by atoms with Gasteiger partial charge in [-0.3, -0.25) is 0 Å². The highest BCUT2D eigenvalue weighted by molar-refractivity contribution is 4.69. The molecule has 0 aromatic rings. The molecule has 0 saturated heterocycles. The summed E-state index contributed by atoms with van der Waals surface area (Å²) in [5.41, 5.74) is 0. The molecule has 0 aliphatic heterocycles. The van der Waals surface area contributed by atoms with Crippen molar-refractivity contribution >= 4 is 0 Å². The van der Waals surface area contributed by atoms with Crippen molar-refractivity contribution in [3.05, 3.63) is 12.6 Å². The van der Waals surface area contributed by atoms with Gasteiger partial charge in [-0.05, 0) is 12.3 Å². The number of hydrogen-bond acceptors (Lipinski definition) is 1. The van der Waals surface area contributed by atoms with Gasteiger partial charge in [-0.1, -0.05) is 13.0 Å². The Balaban J connectivity index is 3.10. The summed E-state index contributed by atoms with van der Waals surface area (Å²) in [6, 6.07) is 0. The van der Waals surface area contributed by atoms with Gasteiger partial charge in [0.1, 0.15) is 0 Å². The fourth-order valence-electron chi connectivity index (χ4n) is 0.307. The van der Waals surface area contributed by atoms with Gasteiger partial charge < -0.3 is 5.11 Å². The molecule has 0 radical (unpaired) electrons. The van der Waals surface area contributed by atoms with E-state index in [0.717, 1.165) is 6.42 Å². The van der Waals surface area contributed by atoms with Crippen LogP contribution in [0.4, 0.5) is 0 Å². The summed E-state index contributed by atoms with van der Waals surface area (Å²) in [5, 5.41) is 8.47. The zero-order valence-corrected chi connectivity index (χ0v) is 4.59. The number of hydrogen-bond donors (Lipinski definition) is 1. The maximum absolute atomic E-state index is 8.47. The second kappa shape index (κ2) is 3.88. The standard InChI is InChI=1S/C6H12O/c1-3-4-6(2)5-7/h3,6-7H,1,4-5H2,2H3/i1D. The van der Waals surface area contributed by atoms with Gasteiger partial charge in [-0.25, -0.2) is 0 Å². The molecule has 0 saturated carbocycles. The van der Waals surface area contributed by atoms with Crippen LogP contribution in [0.15, 0.2) is 12.6 Å². The van der Waals surface area contributed by atoms with E-state index in [1.807, 2.05) is 6.92 Å². The van der Waals surface area contributed by atoms with Crippen LogP contribution in [-0.4, -0.2) is 11.7 Å². The molecule has 0 amide bonds. The fraction of sp³-hybridized carbons (Fsp3) is 0.667. The van der Waals surface area contributed by atoms with Crippen LogP contribution in [0.2, 0.25) is 0 Å². The molecule has 1 unspecified atom stereocenters. The van der Waals surface area contributed by atoms with Crippen molar-refractivity contribution in [3.63, 3.8) is 0 Å². The third kappa shape index (κ3) is 3.53. The molecule has 1 nitrogen and oxygen atoms in total. The van der Waals surface area contributed by atoms with Crippen molar-refractivity contribution in [1.29, 1.82) is 0 Å². The minimum absolute atomic E-state index is 0.213. The van der Waals surface area contributed by atoms with Crippen LogP contribution in [0.25, 0.3) is 0 Å². The molecule has 0 heterocycles. The smallest absolute Gasteiger partial charge is 0.0534 e. The van der Waals surface area contributed by atoms with Gasteiger partial charge in [0.15, 0.2) is 0 Å². The highest BCUT2D eigenvalue weighted by atomic mass is 16.3. The molecule has 0 fully saturated rings. The van der Waals surface area contributed by atoms with Crippen LogP contribution in [-0.2, 0) is 0 Å². The first-order valence-electron chi connectivity index (χ1n) is 3.03. The van der Waals surface area contributed by atoms with E-state index in [4.69, 9.17) is 6.48 Å². The molecule has 1 heteroatoms. The van der Waals surface area contributed by atoms with Gasteiger partial charge in [0.05, 0.1) is 1.37 Å². The van der Waals surface area contributed by atoms with Gasteiger partial charge in [0.2, 0.25) is 0 Å². The molecule has 0 rings (SSSR count). The summed E-state index contributed by atoms with van der Waals surface area (Å²) >= 11 is 0. The van der Waals surface area contributed by atoms with Gasteiger partial charge in [0, 0.05) is 6.61 Å². The van der Waals surface area contributed by atoms with Gasteiger partial charge >= 0.3 is 0 Å². The molecule has 0 aromatic carbocycles. The third-order valence-electron chi connectivity index (χ3n) is 0.850. The van der Waals surface area contributed by atoms with Crippen LogP contribution >= 0.6 is 0 Å². The van der Waals surface area contributed by atoms with Crippen LogP contribution in [0.1, 0.15) is 14.7 Å². The molecule has 7 heavy (non-hydrogen) atoms. The molecule has 42 valence electrons. The van der Waals surface area contributed by atoms with E-state index in [9.17, 15) is 0 Å². The molecule has 1 N–H and O–H groups in total. The predicted molar refractivity (Wildman–Crippen MR) is 31.1 cm³/mol. The Labute approximate surface area is 46.1 Å². The average Bonchev–Trinajstić information content (AvgIpc) is 1.83. The molecular formula is C6H12O. The summed E-state index contributed by atoms with van der Waals surface area (Å²) in [5.74, 6) is 0.302. The van der Waals surface area contributed by atoms with Gasteiger partial charge in [-0.2, -0.15) is 0 Å². The predicted octanol–water partition coefficient (Wildman–Crippen LogP) is 1.19. The molecule has 0 aliphatic rings. The van der Waals surface area contributed by atoms with E-state index >= 15 is 0 Å². The fourth-order valence-corrected chi connectivity index (χ4v) is 0.307. The van der Waals surface area contributed by atoms with E-state index in [2.05, 4.69) is 0 Å². The number of rotatable bonds is 3. The largest absolute Gasteiger partial charge is 0.396 e. The first-order chi connectivity index (χ1) is 3.81. The molecule has 1 atom stereocenters. The van der Waals surface area contributed by atoms with Crippen LogP contribution in [0.3, 0.4) is 0 Å². The van der Waals surface area contributed by atoms with Crippen LogP contribution in [0, 0.1) is 5.92 Å². The summed E-state index contributed by atoms with van der Waals surface area (Å²) in [7, 11) is 0. The van der Waals surface area contributed by atoms with E-state index in [-0.39, 0.29) is 6.61 Å². The lowest BCUT2D eigenvalue weighted by Gasteiger charge is -1.99. The van der Waals surface area contributed by atoms with Crippen molar-refractivity contribution in [1.82, 2.24) is 0 Å². The summed E-state index contributed by atoms with van der Waals surface area (Å²) in [4.78, 5) is 0. The molecule has 0 bridgehead atoms. The number of allylic oxidation sites excluding steroid dienone is 1. The van der Waals surface area contributed by atoms with Crippen molar-refractivity contribution in [2.75, 3.05) is 6.61 Å². The molecule has 0 aliphatic carbocycles. The Morgan fingerprint density at radius 2 is 2.86 bits per heavy atom. The van der Waals surface area contributed by atoms with Crippen LogP contribution in [0.5, 0.6) is 0 Å². The number of aliphatic hydroxyl groups is 1. The van der Waals surface area contributed by atoms with Crippen LogP contribution < -0.4 is 0 Å². The Kier molecular flexibility index (Phi) is 2.68. The summed E-state index contributed by atoms with van der Waals surface area (Å²) < 4.78 is 6.61. The highest BCUT2D eigenvalue weighted by Gasteiger charge is 1.92. The van der Waals surface area contributed by atoms with E-state index in [0.29, 0.717) is 5.92 Å². The molecule has 0 spiro atoms. The normalized spacial score (nSPS) is 17.1. The van der Waals surface area contributed by atoms with E-state index < -0.39 is 0 Å².